The van der Waals surface area contributed by atoms with Crippen LogP contribution in [0.2, 0.25) is 0 Å². The molecule has 1 fully saturated rings. The smallest absolute Gasteiger partial charge is 0.338 e. The van der Waals surface area contributed by atoms with Crippen molar-refractivity contribution >= 4 is 11.9 Å². The Morgan fingerprint density at radius 1 is 0.930 bits per heavy atom. The molecule has 0 aliphatic carbocycles. The summed E-state index contributed by atoms with van der Waals surface area (Å²) in [6, 6.07) is 5.60. The maximum Gasteiger partial charge on any atom is 0.338 e. The van der Waals surface area contributed by atoms with E-state index in [9.17, 15) is 18.4 Å². The molecule has 2 aliphatic heterocycles. The summed E-state index contributed by atoms with van der Waals surface area (Å²) < 4.78 is 56.0. The third-order valence-electron chi connectivity index (χ3n) is 7.63. The lowest BCUT2D eigenvalue weighted by molar-refractivity contribution is 0.0122. The van der Waals surface area contributed by atoms with Crippen LogP contribution < -0.4 is 14.2 Å². The monoisotopic (exact) mass is 605 g/mol. The summed E-state index contributed by atoms with van der Waals surface area (Å²) in [6.07, 6.45) is 4.02. The molecule has 236 valence electrons. The van der Waals surface area contributed by atoms with Crippen LogP contribution in [0.5, 0.6) is 17.2 Å². The normalized spacial score (nSPS) is 22.5. The number of halogens is 2. The largest absolute Gasteiger partial charge is 0.493 e. The van der Waals surface area contributed by atoms with E-state index < -0.39 is 29.7 Å². The molecule has 0 N–H and O–H groups in total. The van der Waals surface area contributed by atoms with Gasteiger partial charge in [-0.25, -0.2) is 9.59 Å². The standard InChI is InChI=1S/C31H41F2N3O7/c1-31(32,33)27-21-22(8-10-34-27)30(38)43-24-7-4-17-41-26-20-23(19-25(39-2)28(26)40-3)29(37)42-18-6-13-35-11-5-12-36(14-9-24)16-15-35/h8,10,19-21,24H,4-7,9,11-18H2,1-3H3. The summed E-state index contributed by atoms with van der Waals surface area (Å²) in [5, 5.41) is 0. The predicted octanol–water partition coefficient (Wildman–Crippen LogP) is 4.55. The molecule has 3 atom stereocenters. The van der Waals surface area contributed by atoms with Crippen molar-refractivity contribution < 1.29 is 42.1 Å². The highest BCUT2D eigenvalue weighted by molar-refractivity contribution is 5.91. The summed E-state index contributed by atoms with van der Waals surface area (Å²) in [6.45, 7) is 6.44. The van der Waals surface area contributed by atoms with Crippen molar-refractivity contribution in [3.05, 3.63) is 47.3 Å². The molecule has 0 saturated carbocycles. The first-order valence-corrected chi connectivity index (χ1v) is 14.7. The van der Waals surface area contributed by atoms with Crippen LogP contribution in [-0.2, 0) is 15.4 Å². The highest BCUT2D eigenvalue weighted by Gasteiger charge is 2.28. The average Bonchev–Trinajstić information content (AvgIpc) is 3.23. The fraction of sp³-hybridized carbons (Fsp3) is 0.581. The molecule has 3 unspecified atom stereocenters. The van der Waals surface area contributed by atoms with Gasteiger partial charge in [-0.1, -0.05) is 0 Å². The maximum absolute atomic E-state index is 13.8. The Bertz CT molecular complexity index is 1240. The number of methoxy groups -OCH3 is 2. The van der Waals surface area contributed by atoms with Crippen LogP contribution in [0.1, 0.15) is 65.4 Å². The number of carbonyl (C=O) groups is 2. The number of hydrogen-bond acceptors (Lipinski definition) is 10. The van der Waals surface area contributed by atoms with Crippen LogP contribution in [0.25, 0.3) is 0 Å². The van der Waals surface area contributed by atoms with Gasteiger partial charge in [-0.3, -0.25) is 4.98 Å². The minimum atomic E-state index is -3.18. The van der Waals surface area contributed by atoms with E-state index in [-0.39, 0.29) is 17.7 Å². The zero-order valence-electron chi connectivity index (χ0n) is 25.1. The first kappa shape index (κ1) is 32.4. The topological polar surface area (TPSA) is 99.7 Å². The number of aromatic nitrogens is 1. The third-order valence-corrected chi connectivity index (χ3v) is 7.63. The summed E-state index contributed by atoms with van der Waals surface area (Å²) in [5.41, 5.74) is -0.165. The van der Waals surface area contributed by atoms with E-state index in [2.05, 4.69) is 14.8 Å². The highest BCUT2D eigenvalue weighted by Crippen LogP contribution is 2.39. The lowest BCUT2D eigenvalue weighted by atomic mass is 10.1. The van der Waals surface area contributed by atoms with Gasteiger partial charge in [0, 0.05) is 39.3 Å². The van der Waals surface area contributed by atoms with E-state index in [0.29, 0.717) is 49.5 Å². The molecule has 0 radical (unpaired) electrons. The van der Waals surface area contributed by atoms with Crippen LogP contribution in [0.3, 0.4) is 0 Å². The van der Waals surface area contributed by atoms with Crippen molar-refractivity contribution in [2.75, 3.05) is 66.7 Å². The second kappa shape index (κ2) is 15.3. The summed E-state index contributed by atoms with van der Waals surface area (Å²) in [7, 11) is 2.96. The number of esters is 2. The molecule has 1 aromatic heterocycles. The molecule has 4 bridgehead atoms. The molecule has 12 heteroatoms. The number of rotatable bonds is 5. The number of carbonyl (C=O) groups excluding carboxylic acids is 2. The molecular formula is C31H41F2N3O7. The number of fused-ring (bicyclic) bond motifs is 5. The van der Waals surface area contributed by atoms with Gasteiger partial charge < -0.3 is 33.5 Å². The van der Waals surface area contributed by atoms with Crippen LogP contribution in [-0.4, -0.2) is 99.5 Å². The van der Waals surface area contributed by atoms with Crippen molar-refractivity contribution in [3.8, 4) is 17.2 Å². The second-order valence-electron chi connectivity index (χ2n) is 10.9. The van der Waals surface area contributed by atoms with Gasteiger partial charge in [-0.15, -0.1) is 0 Å². The number of cyclic esters (lactones) is 1. The molecule has 1 saturated heterocycles. The van der Waals surface area contributed by atoms with Crippen molar-refractivity contribution in [2.45, 2.75) is 51.1 Å². The first-order valence-electron chi connectivity index (χ1n) is 14.7. The molecule has 10 nitrogen and oxygen atoms in total. The summed E-state index contributed by atoms with van der Waals surface area (Å²) >= 11 is 0. The van der Waals surface area contributed by atoms with E-state index in [0.717, 1.165) is 58.7 Å². The van der Waals surface area contributed by atoms with Crippen LogP contribution in [0.15, 0.2) is 30.5 Å². The molecule has 2 aliphatic rings. The van der Waals surface area contributed by atoms with Crippen LogP contribution >= 0.6 is 0 Å². The Hall–Kier alpha value is -3.51. The first-order chi connectivity index (χ1) is 20.7. The molecule has 3 heterocycles. The van der Waals surface area contributed by atoms with Crippen LogP contribution in [0, 0.1) is 0 Å². The van der Waals surface area contributed by atoms with E-state index in [1.54, 1.807) is 12.1 Å². The van der Waals surface area contributed by atoms with Crippen molar-refractivity contribution in [1.29, 1.82) is 0 Å². The van der Waals surface area contributed by atoms with Crippen LogP contribution in [0.4, 0.5) is 8.78 Å². The molecule has 0 amide bonds. The number of alkyl halides is 2. The summed E-state index contributed by atoms with van der Waals surface area (Å²) in [5.74, 6) is -3.30. The van der Waals surface area contributed by atoms with E-state index in [4.69, 9.17) is 23.7 Å². The minimum absolute atomic E-state index is 0.0317. The minimum Gasteiger partial charge on any atom is -0.493 e. The predicted molar refractivity (Wildman–Crippen MR) is 154 cm³/mol. The van der Waals surface area contributed by atoms with E-state index in [1.165, 1.54) is 26.5 Å². The van der Waals surface area contributed by atoms with Gasteiger partial charge in [-0.05, 0) is 69.5 Å². The van der Waals surface area contributed by atoms with Gasteiger partial charge in [-0.2, -0.15) is 8.78 Å². The molecular weight excluding hydrogens is 564 g/mol. The van der Waals surface area contributed by atoms with Crippen molar-refractivity contribution in [2.24, 2.45) is 0 Å². The van der Waals surface area contributed by atoms with Gasteiger partial charge in [0.1, 0.15) is 11.8 Å². The fourth-order valence-corrected chi connectivity index (χ4v) is 5.26. The third kappa shape index (κ3) is 9.24. The number of nitrogens with zero attached hydrogens (tertiary/aromatic N) is 3. The molecule has 0 spiro atoms. The Balaban J connectivity index is 1.52. The van der Waals surface area contributed by atoms with E-state index in [1.807, 2.05) is 0 Å². The maximum atomic E-state index is 13.8. The molecule has 43 heavy (non-hydrogen) atoms. The van der Waals surface area contributed by atoms with Gasteiger partial charge in [0.15, 0.2) is 11.5 Å². The number of hydrogen-bond donors (Lipinski definition) is 0. The van der Waals surface area contributed by atoms with Gasteiger partial charge in [0.25, 0.3) is 5.92 Å². The Kier molecular flexibility index (Phi) is 11.5. The summed E-state index contributed by atoms with van der Waals surface area (Å²) in [4.78, 5) is 34.3. The number of pyridine rings is 1. The van der Waals surface area contributed by atoms with Crippen molar-refractivity contribution in [3.63, 3.8) is 0 Å². The van der Waals surface area contributed by atoms with E-state index >= 15 is 0 Å². The second-order valence-corrected chi connectivity index (χ2v) is 10.9. The van der Waals surface area contributed by atoms with Gasteiger partial charge >= 0.3 is 11.9 Å². The lowest BCUT2D eigenvalue weighted by Crippen LogP contribution is -2.34. The highest BCUT2D eigenvalue weighted by atomic mass is 19.3. The molecule has 1 aromatic carbocycles. The average molecular weight is 606 g/mol. The SMILES string of the molecule is COc1cc2cc(c1OC)OCCCC(OC(=O)c1ccnc(C(C)(F)F)c1)CCN1CCCN(CCCOC2=O)CC1. The Labute approximate surface area is 251 Å². The van der Waals surface area contributed by atoms with Gasteiger partial charge in [0.2, 0.25) is 5.75 Å². The zero-order chi connectivity index (χ0) is 30.8. The van der Waals surface area contributed by atoms with Crippen molar-refractivity contribution in [1.82, 2.24) is 14.8 Å². The number of ether oxygens (including phenoxy) is 5. The zero-order valence-corrected chi connectivity index (χ0v) is 25.1. The molecule has 2 aromatic rings. The molecule has 4 rings (SSSR count). The fourth-order valence-electron chi connectivity index (χ4n) is 5.26. The van der Waals surface area contributed by atoms with Gasteiger partial charge in [0.05, 0.1) is 38.6 Å². The number of benzene rings is 1. The Morgan fingerprint density at radius 2 is 1.65 bits per heavy atom. The Morgan fingerprint density at radius 3 is 2.37 bits per heavy atom. The lowest BCUT2D eigenvalue weighted by Gasteiger charge is -2.24. The quantitative estimate of drug-likeness (QED) is 0.452.